The van der Waals surface area contributed by atoms with Gasteiger partial charge in [0.05, 0.1) is 6.61 Å². The van der Waals surface area contributed by atoms with E-state index in [1.54, 1.807) is 12.3 Å². The van der Waals surface area contributed by atoms with Crippen molar-refractivity contribution in [1.82, 2.24) is 0 Å². The first-order valence-electron chi connectivity index (χ1n) is 5.27. The van der Waals surface area contributed by atoms with E-state index in [1.807, 2.05) is 30.3 Å². The first-order chi connectivity index (χ1) is 8.24. The van der Waals surface area contributed by atoms with Gasteiger partial charge in [0.15, 0.2) is 0 Å². The van der Waals surface area contributed by atoms with E-state index in [2.05, 4.69) is 4.74 Å². The molecule has 0 fully saturated rings. The van der Waals surface area contributed by atoms with Gasteiger partial charge in [-0.05, 0) is 24.0 Å². The molecule has 0 atom stereocenters. The van der Waals surface area contributed by atoms with E-state index in [4.69, 9.17) is 0 Å². The number of benzene rings is 1. The van der Waals surface area contributed by atoms with Crippen LogP contribution in [0.1, 0.15) is 12.5 Å². The number of carbonyl (C=O) groups excluding carboxylic acids is 2. The highest BCUT2D eigenvalue weighted by Crippen LogP contribution is 2.12. The molecule has 0 aliphatic rings. The van der Waals surface area contributed by atoms with Gasteiger partial charge in [-0.15, -0.1) is 11.8 Å². The lowest BCUT2D eigenvalue weighted by molar-refractivity contribution is -0.151. The molecule has 90 valence electrons. The van der Waals surface area contributed by atoms with Gasteiger partial charge >= 0.3 is 5.97 Å². The van der Waals surface area contributed by atoms with Gasteiger partial charge in [-0.3, -0.25) is 4.79 Å². The fourth-order valence-corrected chi connectivity index (χ4v) is 1.80. The molecular weight excluding hydrogens is 236 g/mol. The number of rotatable bonds is 6. The molecule has 0 saturated heterocycles. The van der Waals surface area contributed by atoms with Crippen LogP contribution in [0.25, 0.3) is 0 Å². The van der Waals surface area contributed by atoms with Crippen LogP contribution in [0, 0.1) is 0 Å². The van der Waals surface area contributed by atoms with E-state index >= 15 is 0 Å². The van der Waals surface area contributed by atoms with Gasteiger partial charge < -0.3 is 4.74 Å². The summed E-state index contributed by atoms with van der Waals surface area (Å²) in [5, 5.41) is 1.62. The molecule has 0 bridgehead atoms. The maximum atomic E-state index is 11.2. The van der Waals surface area contributed by atoms with Crippen molar-refractivity contribution >= 4 is 23.5 Å². The summed E-state index contributed by atoms with van der Waals surface area (Å²) in [6, 6.07) is 9.89. The minimum Gasteiger partial charge on any atom is -0.460 e. The molecule has 0 unspecified atom stereocenters. The smallest absolute Gasteiger partial charge is 0.379 e. The van der Waals surface area contributed by atoms with Crippen LogP contribution in [0.2, 0.25) is 0 Å². The summed E-state index contributed by atoms with van der Waals surface area (Å²) in [6.45, 7) is 1.88. The minimum atomic E-state index is -0.802. The van der Waals surface area contributed by atoms with Crippen LogP contribution in [0.15, 0.2) is 41.8 Å². The number of esters is 1. The quantitative estimate of drug-likeness (QED) is 0.442. The lowest BCUT2D eigenvalue weighted by Gasteiger charge is -1.97. The van der Waals surface area contributed by atoms with Crippen molar-refractivity contribution < 1.29 is 14.3 Å². The average molecular weight is 250 g/mol. The lowest BCUT2D eigenvalue weighted by Crippen LogP contribution is -2.14. The van der Waals surface area contributed by atoms with E-state index in [9.17, 15) is 9.59 Å². The Labute approximate surface area is 105 Å². The van der Waals surface area contributed by atoms with Crippen LogP contribution >= 0.6 is 11.8 Å². The first kappa shape index (κ1) is 13.5. The first-order valence-corrected chi connectivity index (χ1v) is 6.32. The number of carbonyl (C=O) groups is 2. The molecule has 1 aromatic carbocycles. The monoisotopic (exact) mass is 250 g/mol. The predicted octanol–water partition coefficient (Wildman–Crippen LogP) is 2.57. The lowest BCUT2D eigenvalue weighted by atomic mass is 10.2. The molecular formula is C13H14O3S. The molecule has 0 radical (unpaired) electrons. The van der Waals surface area contributed by atoms with Crippen LogP contribution < -0.4 is 0 Å². The number of hydrogen-bond acceptors (Lipinski definition) is 4. The maximum Gasteiger partial charge on any atom is 0.379 e. The summed E-state index contributed by atoms with van der Waals surface area (Å²) in [7, 11) is 0. The highest BCUT2D eigenvalue weighted by molar-refractivity contribution is 8.01. The topological polar surface area (TPSA) is 43.4 Å². The SMILES string of the molecule is CCOC(=O)C(=O)/C=C/SCc1ccccc1. The van der Waals surface area contributed by atoms with Crippen LogP contribution in [-0.4, -0.2) is 18.4 Å². The Bertz CT molecular complexity index is 398. The summed E-state index contributed by atoms with van der Waals surface area (Å²) >= 11 is 1.46. The second-order valence-corrected chi connectivity index (χ2v) is 4.08. The van der Waals surface area contributed by atoms with Gasteiger partial charge in [-0.2, -0.15) is 0 Å². The molecule has 0 aliphatic heterocycles. The van der Waals surface area contributed by atoms with E-state index in [1.165, 1.54) is 23.4 Å². The van der Waals surface area contributed by atoms with Gasteiger partial charge in [0.25, 0.3) is 5.78 Å². The van der Waals surface area contributed by atoms with E-state index in [0.29, 0.717) is 0 Å². The van der Waals surface area contributed by atoms with Gasteiger partial charge in [0.2, 0.25) is 0 Å². The summed E-state index contributed by atoms with van der Waals surface area (Å²) in [6.07, 6.45) is 1.24. The molecule has 0 spiro atoms. The largest absolute Gasteiger partial charge is 0.460 e. The molecule has 1 aromatic rings. The molecule has 0 amide bonds. The van der Waals surface area contributed by atoms with Crippen molar-refractivity contribution in [2.75, 3.05) is 6.61 Å². The van der Waals surface area contributed by atoms with E-state index in [-0.39, 0.29) is 6.61 Å². The second kappa shape index (κ2) is 7.68. The zero-order chi connectivity index (χ0) is 12.5. The normalized spacial score (nSPS) is 10.4. The molecule has 0 N–H and O–H groups in total. The Kier molecular flexibility index (Phi) is 6.10. The van der Waals surface area contributed by atoms with Gasteiger partial charge in [-0.25, -0.2) is 4.79 Å². The molecule has 0 aliphatic carbocycles. The van der Waals surface area contributed by atoms with Gasteiger partial charge in [0.1, 0.15) is 0 Å². The Morgan fingerprint density at radius 2 is 2.00 bits per heavy atom. The molecule has 3 nitrogen and oxygen atoms in total. The number of ketones is 1. The minimum absolute atomic E-state index is 0.218. The molecule has 0 saturated carbocycles. The molecule has 4 heteroatoms. The standard InChI is InChI=1S/C13H14O3S/c1-2-16-13(15)12(14)8-9-17-10-11-6-4-3-5-7-11/h3-9H,2,10H2,1H3/b9-8+. The number of thioether (sulfide) groups is 1. The molecule has 0 aromatic heterocycles. The highest BCUT2D eigenvalue weighted by atomic mass is 32.2. The molecule has 17 heavy (non-hydrogen) atoms. The van der Waals surface area contributed by atoms with Crippen LogP contribution in [0.5, 0.6) is 0 Å². The highest BCUT2D eigenvalue weighted by Gasteiger charge is 2.09. The fraction of sp³-hybridized carbons (Fsp3) is 0.231. The number of hydrogen-bond donors (Lipinski definition) is 0. The van der Waals surface area contributed by atoms with Crippen molar-refractivity contribution in [2.45, 2.75) is 12.7 Å². The van der Waals surface area contributed by atoms with Crippen molar-refractivity contribution in [3.05, 3.63) is 47.4 Å². The Morgan fingerprint density at radius 1 is 1.29 bits per heavy atom. The zero-order valence-electron chi connectivity index (χ0n) is 9.59. The third-order valence-electron chi connectivity index (χ3n) is 1.89. The van der Waals surface area contributed by atoms with Gasteiger partial charge in [-0.1, -0.05) is 30.3 Å². The van der Waals surface area contributed by atoms with Crippen LogP contribution in [0.3, 0.4) is 0 Å². The Balaban J connectivity index is 2.31. The second-order valence-electron chi connectivity index (χ2n) is 3.18. The van der Waals surface area contributed by atoms with Crippen LogP contribution in [-0.2, 0) is 20.1 Å². The summed E-state index contributed by atoms with van der Waals surface area (Å²) in [5.41, 5.74) is 1.17. The zero-order valence-corrected chi connectivity index (χ0v) is 10.4. The summed E-state index contributed by atoms with van der Waals surface area (Å²) < 4.78 is 4.57. The maximum absolute atomic E-state index is 11.2. The Hall–Kier alpha value is -1.55. The summed E-state index contributed by atoms with van der Waals surface area (Å²) in [5.74, 6) is -0.649. The Morgan fingerprint density at radius 3 is 2.65 bits per heavy atom. The molecule has 1 rings (SSSR count). The van der Waals surface area contributed by atoms with Crippen molar-refractivity contribution in [3.8, 4) is 0 Å². The summed E-state index contributed by atoms with van der Waals surface area (Å²) in [4.78, 5) is 22.1. The van der Waals surface area contributed by atoms with Crippen molar-refractivity contribution in [3.63, 3.8) is 0 Å². The van der Waals surface area contributed by atoms with Crippen LogP contribution in [0.4, 0.5) is 0 Å². The van der Waals surface area contributed by atoms with Gasteiger partial charge in [0, 0.05) is 5.75 Å². The number of ether oxygens (including phenoxy) is 1. The fourth-order valence-electron chi connectivity index (χ4n) is 1.10. The van der Waals surface area contributed by atoms with Crippen molar-refractivity contribution in [2.24, 2.45) is 0 Å². The van der Waals surface area contributed by atoms with E-state index in [0.717, 1.165) is 5.75 Å². The van der Waals surface area contributed by atoms with E-state index < -0.39 is 11.8 Å². The predicted molar refractivity (Wildman–Crippen MR) is 68.5 cm³/mol. The van der Waals surface area contributed by atoms with Crippen molar-refractivity contribution in [1.29, 1.82) is 0 Å². The third-order valence-corrected chi connectivity index (χ3v) is 2.71. The average Bonchev–Trinajstić information content (AvgIpc) is 2.36. The third kappa shape index (κ3) is 5.36. The molecule has 0 heterocycles.